The van der Waals surface area contributed by atoms with Crippen LogP contribution in [0.1, 0.15) is 51.0 Å². The van der Waals surface area contributed by atoms with E-state index in [1.54, 1.807) is 0 Å². The van der Waals surface area contributed by atoms with Gasteiger partial charge in [0.05, 0.1) is 6.61 Å². The van der Waals surface area contributed by atoms with Gasteiger partial charge in [-0.25, -0.2) is 9.59 Å². The molecule has 0 radical (unpaired) electrons. The molecule has 0 amide bonds. The lowest BCUT2D eigenvalue weighted by Gasteiger charge is -2.28. The number of nitrogens with zero attached hydrogens (tertiary/aromatic N) is 6. The van der Waals surface area contributed by atoms with Crippen LogP contribution in [-0.2, 0) is 35.2 Å². The lowest BCUT2D eigenvalue weighted by molar-refractivity contribution is -0.790. The second-order valence-corrected chi connectivity index (χ2v) is 11.2. The number of carbonyl (C=O) groups is 2. The maximum absolute atomic E-state index is 13.2. The number of ether oxygens (including phenoxy) is 3. The first-order chi connectivity index (χ1) is 24.2. The highest BCUT2D eigenvalue weighted by atomic mass is 35.5. The van der Waals surface area contributed by atoms with Crippen molar-refractivity contribution >= 4 is 23.7 Å². The maximum Gasteiger partial charge on any atom is 0.511 e. The van der Waals surface area contributed by atoms with Crippen LogP contribution in [0, 0.1) is 20.2 Å². The highest BCUT2D eigenvalue weighted by molar-refractivity contribution is 6.31. The summed E-state index contributed by atoms with van der Waals surface area (Å²) in [4.78, 5) is 56.3. The molecule has 4 rings (SSSR count). The van der Waals surface area contributed by atoms with Gasteiger partial charge in [0.25, 0.3) is 10.2 Å². The molecule has 268 valence electrons. The van der Waals surface area contributed by atoms with Gasteiger partial charge in [0.2, 0.25) is 12.6 Å². The molecule has 3 aromatic rings. The van der Waals surface area contributed by atoms with Crippen molar-refractivity contribution in [3.8, 4) is 22.5 Å². The van der Waals surface area contributed by atoms with E-state index in [2.05, 4.69) is 42.5 Å². The van der Waals surface area contributed by atoms with Gasteiger partial charge in [0.15, 0.2) is 5.70 Å². The Morgan fingerprint density at radius 3 is 2.44 bits per heavy atom. The van der Waals surface area contributed by atoms with Gasteiger partial charge in [-0.1, -0.05) is 73.5 Å². The van der Waals surface area contributed by atoms with Crippen molar-refractivity contribution < 1.29 is 43.6 Å². The number of rotatable bonds is 20. The van der Waals surface area contributed by atoms with Crippen LogP contribution in [0.15, 0.2) is 59.4 Å². The van der Waals surface area contributed by atoms with Gasteiger partial charge in [-0.2, -0.15) is 5.21 Å². The van der Waals surface area contributed by atoms with E-state index in [-0.39, 0.29) is 42.9 Å². The monoisotopic (exact) mass is 718 g/mol. The number of hydrogen-bond donors (Lipinski definition) is 2. The molecule has 0 saturated heterocycles. The molecule has 20 heteroatoms. The molecule has 2 atom stereocenters. The number of aromatic nitrogens is 4. The molecule has 1 unspecified atom stereocenters. The van der Waals surface area contributed by atoms with Crippen LogP contribution in [0.25, 0.3) is 22.5 Å². The van der Waals surface area contributed by atoms with Crippen LogP contribution >= 0.6 is 11.6 Å². The number of unbranched alkanes of at least 4 members (excludes halogenated alkanes) is 2. The number of hydrogen-bond acceptors (Lipinski definition) is 16. The predicted molar refractivity (Wildman–Crippen MR) is 172 cm³/mol. The fourth-order valence-corrected chi connectivity index (χ4v) is 5.40. The third-order valence-corrected chi connectivity index (χ3v) is 7.72. The summed E-state index contributed by atoms with van der Waals surface area (Å²) in [6, 6.07) is 15.5. The highest BCUT2D eigenvalue weighted by Crippen LogP contribution is 2.32. The molecule has 2 N–H and O–H groups in total. The van der Waals surface area contributed by atoms with Gasteiger partial charge in [-0.15, -0.1) is 30.4 Å². The van der Waals surface area contributed by atoms with Crippen molar-refractivity contribution in [2.75, 3.05) is 20.0 Å². The Bertz CT molecular complexity index is 1630. The molecule has 1 aliphatic rings. The number of H-pyrrole nitrogens is 1. The Hall–Kier alpha value is -5.72. The molecular formula is C30H35ClN8O11. The zero-order valence-electron chi connectivity index (χ0n) is 26.9. The molecule has 0 bridgehead atoms. The molecular weight excluding hydrogens is 684 g/mol. The van der Waals surface area contributed by atoms with Crippen LogP contribution in [-0.4, -0.2) is 80.1 Å². The number of nitrogens with one attached hydrogen (secondary N) is 2. The standard InChI is InChI=1S/C30H35ClN8O11/c1-2-3-11-25-32-27(31)26(29(40)47-19-48-30(41)46-16-7-6-8-22(50-39(44)45)18-49-38(42)43)37(25)17-20-12-14-21(15-13-20)23-9-4-5-10-24(23)28-33-35-36-34-28/h4-5,9-10,12-15,22,25,32H,2-3,6-8,11,16-19H2,1H3,(H,33,34,35,36)/t22-,25?/m1/s1. The van der Waals surface area contributed by atoms with Crippen LogP contribution < -0.4 is 5.32 Å². The minimum Gasteiger partial charge on any atom is -0.434 e. The molecule has 2 aromatic carbocycles. The fourth-order valence-electron chi connectivity index (χ4n) is 5.09. The largest absolute Gasteiger partial charge is 0.511 e. The van der Waals surface area contributed by atoms with E-state index in [0.29, 0.717) is 18.8 Å². The first kappa shape index (κ1) is 37.1. The molecule has 0 fully saturated rings. The Labute approximate surface area is 290 Å². The summed E-state index contributed by atoms with van der Waals surface area (Å²) < 4.78 is 15.0. The summed E-state index contributed by atoms with van der Waals surface area (Å²) in [6.45, 7) is 0.873. The number of halogens is 1. The summed E-state index contributed by atoms with van der Waals surface area (Å²) >= 11 is 6.49. The molecule has 19 nitrogen and oxygen atoms in total. The Morgan fingerprint density at radius 1 is 1.00 bits per heavy atom. The summed E-state index contributed by atoms with van der Waals surface area (Å²) in [5.74, 6) is -0.337. The van der Waals surface area contributed by atoms with Crippen molar-refractivity contribution in [2.45, 2.75) is 64.3 Å². The smallest absolute Gasteiger partial charge is 0.434 e. The lowest BCUT2D eigenvalue weighted by Crippen LogP contribution is -2.38. The van der Waals surface area contributed by atoms with E-state index in [4.69, 9.17) is 25.8 Å². The van der Waals surface area contributed by atoms with Crippen molar-refractivity contribution in [2.24, 2.45) is 0 Å². The summed E-state index contributed by atoms with van der Waals surface area (Å²) in [7, 11) is 0. The first-order valence-electron chi connectivity index (χ1n) is 15.6. The number of carbonyl (C=O) groups excluding carboxylic acids is 2. The predicted octanol–water partition coefficient (Wildman–Crippen LogP) is 4.47. The van der Waals surface area contributed by atoms with Crippen LogP contribution in [0.4, 0.5) is 4.79 Å². The first-order valence-corrected chi connectivity index (χ1v) is 15.9. The Morgan fingerprint density at radius 2 is 1.76 bits per heavy atom. The van der Waals surface area contributed by atoms with Gasteiger partial charge in [0, 0.05) is 12.1 Å². The molecule has 0 saturated carbocycles. The van der Waals surface area contributed by atoms with Gasteiger partial charge in [0.1, 0.15) is 24.0 Å². The Balaban J connectivity index is 1.29. The van der Waals surface area contributed by atoms with E-state index in [9.17, 15) is 29.8 Å². The van der Waals surface area contributed by atoms with Crippen molar-refractivity contribution in [3.05, 3.63) is 85.2 Å². The molecule has 0 aliphatic carbocycles. The molecule has 1 aliphatic heterocycles. The maximum atomic E-state index is 13.2. The number of benzene rings is 2. The quantitative estimate of drug-likeness (QED) is 0.0409. The van der Waals surface area contributed by atoms with E-state index >= 15 is 0 Å². The van der Waals surface area contributed by atoms with Gasteiger partial charge in [-0.05, 0) is 54.0 Å². The molecule has 2 heterocycles. The number of esters is 1. The fraction of sp³-hybridized carbons (Fsp3) is 0.433. The summed E-state index contributed by atoms with van der Waals surface area (Å²) in [5.41, 5.74) is 3.66. The van der Waals surface area contributed by atoms with Crippen LogP contribution in [0.2, 0.25) is 0 Å². The average molecular weight is 719 g/mol. The van der Waals surface area contributed by atoms with Gasteiger partial charge < -0.3 is 34.1 Å². The van der Waals surface area contributed by atoms with Crippen molar-refractivity contribution in [3.63, 3.8) is 0 Å². The molecule has 0 spiro atoms. The topological polar surface area (TPSA) is 236 Å². The van der Waals surface area contributed by atoms with E-state index in [0.717, 1.165) is 35.1 Å². The number of tetrazole rings is 1. The molecule has 1 aromatic heterocycles. The second-order valence-electron chi connectivity index (χ2n) is 10.8. The minimum atomic E-state index is -1.17. The lowest BCUT2D eigenvalue weighted by atomic mass is 9.98. The summed E-state index contributed by atoms with van der Waals surface area (Å²) in [6.07, 6.45) is 0.460. The minimum absolute atomic E-state index is 0.0319. The Kier molecular flexibility index (Phi) is 13.9. The third-order valence-electron chi connectivity index (χ3n) is 7.43. The normalized spacial score (nSPS) is 14.4. The second kappa shape index (κ2) is 18.7. The van der Waals surface area contributed by atoms with Gasteiger partial charge in [-0.3, -0.25) is 0 Å². The van der Waals surface area contributed by atoms with Crippen LogP contribution in [0.3, 0.4) is 0 Å². The van der Waals surface area contributed by atoms with Crippen molar-refractivity contribution in [1.82, 2.24) is 30.8 Å². The van der Waals surface area contributed by atoms with E-state index in [1.165, 1.54) is 0 Å². The van der Waals surface area contributed by atoms with E-state index < -0.39 is 41.8 Å². The SMILES string of the molecule is CCCCC1NC(Cl)=C(C(=O)OCOC(=O)OCCCC[C@H](CO[N+](=O)[O-])O[N+](=O)[O-])N1Cc1ccc(-c2ccccc2-c2nn[nH]n2)cc1. The highest BCUT2D eigenvalue weighted by Gasteiger charge is 2.35. The summed E-state index contributed by atoms with van der Waals surface area (Å²) in [5, 5.41) is 36.3. The van der Waals surface area contributed by atoms with Gasteiger partial charge >= 0.3 is 12.1 Å². The zero-order chi connectivity index (χ0) is 35.9. The van der Waals surface area contributed by atoms with Crippen LogP contribution in [0.5, 0.6) is 0 Å². The zero-order valence-corrected chi connectivity index (χ0v) is 27.7. The molecule has 50 heavy (non-hydrogen) atoms. The van der Waals surface area contributed by atoms with E-state index in [1.807, 2.05) is 53.4 Å². The van der Waals surface area contributed by atoms with Crippen molar-refractivity contribution in [1.29, 1.82) is 0 Å². The number of aromatic amines is 1. The third kappa shape index (κ3) is 10.9. The average Bonchev–Trinajstić information content (AvgIpc) is 3.74.